The SMILES string of the molecule is COC1=C(I)C(CO)=CC(OC)C1. The van der Waals surface area contributed by atoms with Crippen LogP contribution in [0.2, 0.25) is 0 Å². The first-order chi connectivity index (χ1) is 6.22. The van der Waals surface area contributed by atoms with Gasteiger partial charge in [0.15, 0.2) is 0 Å². The highest BCUT2D eigenvalue weighted by Crippen LogP contribution is 2.31. The summed E-state index contributed by atoms with van der Waals surface area (Å²) in [5.41, 5.74) is 0.885. The second-order valence-corrected chi connectivity index (χ2v) is 3.85. The zero-order chi connectivity index (χ0) is 9.84. The van der Waals surface area contributed by atoms with E-state index in [1.165, 1.54) is 0 Å². The Balaban J connectivity index is 2.89. The van der Waals surface area contributed by atoms with Crippen LogP contribution in [0, 0.1) is 0 Å². The largest absolute Gasteiger partial charge is 0.500 e. The Morgan fingerprint density at radius 1 is 1.62 bits per heavy atom. The lowest BCUT2D eigenvalue weighted by molar-refractivity contribution is 0.119. The molecule has 1 atom stereocenters. The van der Waals surface area contributed by atoms with Crippen LogP contribution in [0.5, 0.6) is 0 Å². The summed E-state index contributed by atoms with van der Waals surface area (Å²) in [5, 5.41) is 9.07. The van der Waals surface area contributed by atoms with Gasteiger partial charge in [-0.05, 0) is 34.2 Å². The molecule has 0 bridgehead atoms. The lowest BCUT2D eigenvalue weighted by atomic mass is 10.0. The summed E-state index contributed by atoms with van der Waals surface area (Å²) >= 11 is 2.18. The lowest BCUT2D eigenvalue weighted by Gasteiger charge is -2.21. The topological polar surface area (TPSA) is 38.7 Å². The number of aliphatic hydroxyl groups is 1. The van der Waals surface area contributed by atoms with Gasteiger partial charge in [0.2, 0.25) is 0 Å². The molecule has 0 radical (unpaired) electrons. The molecule has 1 aliphatic rings. The summed E-state index contributed by atoms with van der Waals surface area (Å²) in [4.78, 5) is 0. The first-order valence-electron chi connectivity index (χ1n) is 4.00. The Hall–Kier alpha value is -0.0700. The van der Waals surface area contributed by atoms with Crippen LogP contribution in [0.1, 0.15) is 6.42 Å². The second kappa shape index (κ2) is 4.97. The molecule has 3 nitrogen and oxygen atoms in total. The van der Waals surface area contributed by atoms with E-state index in [0.717, 1.165) is 21.3 Å². The third-order valence-electron chi connectivity index (χ3n) is 2.02. The molecule has 1 unspecified atom stereocenters. The van der Waals surface area contributed by atoms with Crippen LogP contribution in [0.25, 0.3) is 0 Å². The highest BCUT2D eigenvalue weighted by molar-refractivity contribution is 14.1. The molecule has 0 aliphatic heterocycles. The summed E-state index contributed by atoms with van der Waals surface area (Å²) < 4.78 is 11.4. The Bertz CT molecular complexity index is 245. The second-order valence-electron chi connectivity index (χ2n) is 2.77. The quantitative estimate of drug-likeness (QED) is 0.804. The molecule has 74 valence electrons. The van der Waals surface area contributed by atoms with Crippen molar-refractivity contribution in [3.8, 4) is 0 Å². The molecule has 0 saturated carbocycles. The molecule has 1 rings (SSSR count). The number of methoxy groups -OCH3 is 2. The van der Waals surface area contributed by atoms with Crippen molar-refractivity contribution in [1.29, 1.82) is 0 Å². The van der Waals surface area contributed by atoms with E-state index in [1.54, 1.807) is 14.2 Å². The zero-order valence-electron chi connectivity index (χ0n) is 7.71. The molecular formula is C9H13IO3. The van der Waals surface area contributed by atoms with Crippen LogP contribution < -0.4 is 0 Å². The van der Waals surface area contributed by atoms with Crippen LogP contribution in [0.3, 0.4) is 0 Å². The van der Waals surface area contributed by atoms with Crippen LogP contribution >= 0.6 is 22.6 Å². The predicted molar refractivity (Wildman–Crippen MR) is 58.6 cm³/mol. The van der Waals surface area contributed by atoms with Crippen LogP contribution in [0.4, 0.5) is 0 Å². The maximum atomic E-state index is 9.07. The normalized spacial score (nSPS) is 23.1. The van der Waals surface area contributed by atoms with E-state index >= 15 is 0 Å². The molecule has 0 aromatic heterocycles. The van der Waals surface area contributed by atoms with Crippen LogP contribution in [-0.4, -0.2) is 32.0 Å². The summed E-state index contributed by atoms with van der Waals surface area (Å²) in [5.74, 6) is 0.888. The van der Waals surface area contributed by atoms with E-state index in [9.17, 15) is 0 Å². The van der Waals surface area contributed by atoms with Crippen molar-refractivity contribution in [3.63, 3.8) is 0 Å². The fourth-order valence-electron chi connectivity index (χ4n) is 1.25. The van der Waals surface area contributed by atoms with Gasteiger partial charge in [0.05, 0.1) is 23.4 Å². The van der Waals surface area contributed by atoms with Gasteiger partial charge in [-0.1, -0.05) is 0 Å². The summed E-state index contributed by atoms with van der Waals surface area (Å²) in [6.07, 6.45) is 2.70. The molecule has 0 saturated heterocycles. The molecule has 0 fully saturated rings. The molecule has 0 spiro atoms. The van der Waals surface area contributed by atoms with Gasteiger partial charge in [0, 0.05) is 13.5 Å². The average Bonchev–Trinajstić information content (AvgIpc) is 2.18. The van der Waals surface area contributed by atoms with Crippen LogP contribution in [-0.2, 0) is 9.47 Å². The first kappa shape index (κ1) is 11.0. The van der Waals surface area contributed by atoms with Crippen LogP contribution in [0.15, 0.2) is 21.0 Å². The van der Waals surface area contributed by atoms with Gasteiger partial charge in [-0.25, -0.2) is 0 Å². The van der Waals surface area contributed by atoms with Gasteiger partial charge in [-0.2, -0.15) is 0 Å². The van der Waals surface area contributed by atoms with Crippen molar-refractivity contribution in [2.24, 2.45) is 0 Å². The molecule has 0 aromatic carbocycles. The number of hydrogen-bond donors (Lipinski definition) is 1. The monoisotopic (exact) mass is 296 g/mol. The Morgan fingerprint density at radius 3 is 2.77 bits per heavy atom. The Labute approximate surface area is 91.6 Å². The minimum absolute atomic E-state index is 0.0237. The molecule has 1 N–H and O–H groups in total. The number of halogens is 1. The van der Waals surface area contributed by atoms with Crippen molar-refractivity contribution >= 4 is 22.6 Å². The van der Waals surface area contributed by atoms with Crippen molar-refractivity contribution in [2.45, 2.75) is 12.5 Å². The van der Waals surface area contributed by atoms with E-state index in [2.05, 4.69) is 22.6 Å². The molecule has 1 aliphatic carbocycles. The summed E-state index contributed by atoms with van der Waals surface area (Å²) in [6, 6.07) is 0. The van der Waals surface area contributed by atoms with E-state index in [1.807, 2.05) is 6.08 Å². The van der Waals surface area contributed by atoms with Crippen molar-refractivity contribution in [1.82, 2.24) is 0 Å². The minimum Gasteiger partial charge on any atom is -0.500 e. The third kappa shape index (κ3) is 2.45. The smallest absolute Gasteiger partial charge is 0.112 e. The Kier molecular flexibility index (Phi) is 4.21. The van der Waals surface area contributed by atoms with Crippen molar-refractivity contribution < 1.29 is 14.6 Å². The van der Waals surface area contributed by atoms with Gasteiger partial charge < -0.3 is 14.6 Å². The van der Waals surface area contributed by atoms with Gasteiger partial charge >= 0.3 is 0 Å². The van der Waals surface area contributed by atoms with Crippen molar-refractivity contribution in [3.05, 3.63) is 21.0 Å². The average molecular weight is 296 g/mol. The number of aliphatic hydroxyl groups excluding tert-OH is 1. The minimum atomic E-state index is 0.0237. The zero-order valence-corrected chi connectivity index (χ0v) is 9.87. The molecular weight excluding hydrogens is 283 g/mol. The predicted octanol–water partition coefficient (Wildman–Crippen LogP) is 1.62. The molecule has 0 heterocycles. The third-order valence-corrected chi connectivity index (χ3v) is 3.31. The van der Waals surface area contributed by atoms with Gasteiger partial charge in [0.1, 0.15) is 5.76 Å². The Morgan fingerprint density at radius 2 is 2.31 bits per heavy atom. The lowest BCUT2D eigenvalue weighted by Crippen LogP contribution is -2.16. The number of rotatable bonds is 3. The molecule has 4 heteroatoms. The van der Waals surface area contributed by atoms with Gasteiger partial charge in [-0.3, -0.25) is 0 Å². The molecule has 13 heavy (non-hydrogen) atoms. The number of ether oxygens (including phenoxy) is 2. The van der Waals surface area contributed by atoms with Crippen molar-refractivity contribution in [2.75, 3.05) is 20.8 Å². The summed E-state index contributed by atoms with van der Waals surface area (Å²) in [6.45, 7) is 0.0327. The maximum Gasteiger partial charge on any atom is 0.112 e. The van der Waals surface area contributed by atoms with E-state index < -0.39 is 0 Å². The maximum absolute atomic E-state index is 9.07. The summed E-state index contributed by atoms with van der Waals surface area (Å²) in [7, 11) is 3.29. The van der Waals surface area contributed by atoms with E-state index in [4.69, 9.17) is 14.6 Å². The molecule has 0 amide bonds. The van der Waals surface area contributed by atoms with E-state index in [-0.39, 0.29) is 12.7 Å². The molecule has 0 aromatic rings. The highest BCUT2D eigenvalue weighted by atomic mass is 127. The van der Waals surface area contributed by atoms with Gasteiger partial charge in [-0.15, -0.1) is 0 Å². The first-order valence-corrected chi connectivity index (χ1v) is 5.08. The van der Waals surface area contributed by atoms with Gasteiger partial charge in [0.25, 0.3) is 0 Å². The fraction of sp³-hybridized carbons (Fsp3) is 0.556. The standard InChI is InChI=1S/C9H13IO3/c1-12-7-3-6(5-11)9(10)8(4-7)13-2/h3,7,11H,4-5H2,1-2H3. The number of hydrogen-bond acceptors (Lipinski definition) is 3. The highest BCUT2D eigenvalue weighted by Gasteiger charge is 2.20. The van der Waals surface area contributed by atoms with E-state index in [0.29, 0.717) is 0 Å². The fourth-order valence-corrected chi connectivity index (χ4v) is 2.05.